The summed E-state index contributed by atoms with van der Waals surface area (Å²) in [4.78, 5) is 11.5. The lowest BCUT2D eigenvalue weighted by molar-refractivity contribution is -0.120. The number of rotatable bonds is 9. The largest absolute Gasteiger partial charge is 0.330 e. The maximum absolute atomic E-state index is 11.5. The van der Waals surface area contributed by atoms with Crippen molar-refractivity contribution in [3.05, 3.63) is 0 Å². The van der Waals surface area contributed by atoms with Crippen LogP contribution in [0.4, 0.5) is 0 Å². The van der Waals surface area contributed by atoms with E-state index in [0.717, 1.165) is 38.8 Å². The molecule has 0 aromatic heterocycles. The highest BCUT2D eigenvalue weighted by Gasteiger charge is 2.14. The van der Waals surface area contributed by atoms with Crippen LogP contribution in [0.1, 0.15) is 46.0 Å². The highest BCUT2D eigenvalue weighted by molar-refractivity contribution is 5.83. The van der Waals surface area contributed by atoms with E-state index in [0.29, 0.717) is 12.2 Å². The van der Waals surface area contributed by atoms with Crippen LogP contribution < -0.4 is 11.1 Å². The van der Waals surface area contributed by atoms with Crippen LogP contribution in [0.2, 0.25) is 0 Å². The van der Waals surface area contributed by atoms with Gasteiger partial charge in [0.2, 0.25) is 0 Å². The highest BCUT2D eigenvalue weighted by Crippen LogP contribution is 2.03. The van der Waals surface area contributed by atoms with Gasteiger partial charge in [-0.3, -0.25) is 4.79 Å². The Hall–Kier alpha value is -0.410. The summed E-state index contributed by atoms with van der Waals surface area (Å²) in [5.41, 5.74) is 5.42. The maximum atomic E-state index is 11.5. The Morgan fingerprint density at radius 2 is 2.07 bits per heavy atom. The molecule has 0 heterocycles. The van der Waals surface area contributed by atoms with Gasteiger partial charge in [0, 0.05) is 6.42 Å². The van der Waals surface area contributed by atoms with E-state index in [-0.39, 0.29) is 6.04 Å². The Balaban J connectivity index is 3.78. The minimum atomic E-state index is 0.0616. The molecule has 3 heteroatoms. The molecule has 0 spiro atoms. The van der Waals surface area contributed by atoms with Crippen molar-refractivity contribution in [2.24, 2.45) is 5.73 Å². The Morgan fingerprint density at radius 1 is 1.36 bits per heavy atom. The number of unbranched alkanes of at least 4 members (excludes halogenated alkanes) is 1. The third-order valence-corrected chi connectivity index (χ3v) is 2.32. The minimum absolute atomic E-state index is 0.0616. The van der Waals surface area contributed by atoms with E-state index in [1.807, 2.05) is 6.92 Å². The minimum Gasteiger partial charge on any atom is -0.330 e. The molecule has 3 nitrogen and oxygen atoms in total. The standard InChI is InChI=1S/C11H24N2O/c1-3-9-13-10(11(14)4-2)7-5-6-8-12/h10,13H,3-9,12H2,1-2H3/t10-/m0/s1. The highest BCUT2D eigenvalue weighted by atomic mass is 16.1. The molecule has 0 aliphatic heterocycles. The molecule has 0 aromatic carbocycles. The van der Waals surface area contributed by atoms with Gasteiger partial charge in [-0.2, -0.15) is 0 Å². The van der Waals surface area contributed by atoms with Gasteiger partial charge in [-0.15, -0.1) is 0 Å². The summed E-state index contributed by atoms with van der Waals surface area (Å²) >= 11 is 0. The number of ketones is 1. The van der Waals surface area contributed by atoms with Crippen molar-refractivity contribution in [3.8, 4) is 0 Å². The molecule has 0 aliphatic carbocycles. The summed E-state index contributed by atoms with van der Waals surface area (Å²) < 4.78 is 0. The molecule has 0 aromatic rings. The molecule has 0 saturated carbocycles. The average Bonchev–Trinajstić information content (AvgIpc) is 2.22. The van der Waals surface area contributed by atoms with E-state index in [2.05, 4.69) is 12.2 Å². The predicted octanol–water partition coefficient (Wildman–Crippen LogP) is 1.46. The quantitative estimate of drug-likeness (QED) is 0.554. The van der Waals surface area contributed by atoms with Gasteiger partial charge in [0.1, 0.15) is 5.78 Å². The van der Waals surface area contributed by atoms with Crippen LogP contribution in [0.3, 0.4) is 0 Å². The van der Waals surface area contributed by atoms with E-state index in [1.54, 1.807) is 0 Å². The van der Waals surface area contributed by atoms with Crippen molar-refractivity contribution in [3.63, 3.8) is 0 Å². The lowest BCUT2D eigenvalue weighted by Crippen LogP contribution is -2.36. The van der Waals surface area contributed by atoms with Crippen molar-refractivity contribution in [1.82, 2.24) is 5.32 Å². The van der Waals surface area contributed by atoms with Crippen molar-refractivity contribution < 1.29 is 4.79 Å². The number of carbonyl (C=O) groups is 1. The second-order valence-corrected chi connectivity index (χ2v) is 3.61. The van der Waals surface area contributed by atoms with Gasteiger partial charge >= 0.3 is 0 Å². The number of carbonyl (C=O) groups excluding carboxylic acids is 1. The number of hydrogen-bond acceptors (Lipinski definition) is 3. The van der Waals surface area contributed by atoms with Gasteiger partial charge in [-0.1, -0.05) is 20.3 Å². The van der Waals surface area contributed by atoms with Gasteiger partial charge in [-0.25, -0.2) is 0 Å². The van der Waals surface area contributed by atoms with Crippen molar-refractivity contribution >= 4 is 5.78 Å². The molecule has 0 bridgehead atoms. The summed E-state index contributed by atoms with van der Waals surface area (Å²) in [6.07, 6.45) is 4.70. The van der Waals surface area contributed by atoms with E-state index in [4.69, 9.17) is 5.73 Å². The molecule has 0 aliphatic rings. The molecule has 0 saturated heterocycles. The summed E-state index contributed by atoms with van der Waals surface area (Å²) in [5.74, 6) is 0.329. The monoisotopic (exact) mass is 200 g/mol. The van der Waals surface area contributed by atoms with Crippen molar-refractivity contribution in [2.45, 2.75) is 52.0 Å². The lowest BCUT2D eigenvalue weighted by Gasteiger charge is -2.16. The maximum Gasteiger partial charge on any atom is 0.149 e. The van der Waals surface area contributed by atoms with E-state index < -0.39 is 0 Å². The molecule has 0 unspecified atom stereocenters. The first-order chi connectivity index (χ1) is 6.76. The Bertz CT molecular complexity index is 148. The Kier molecular flexibility index (Phi) is 8.89. The van der Waals surface area contributed by atoms with Gasteiger partial charge in [0.25, 0.3) is 0 Å². The molecule has 1 atom stereocenters. The smallest absolute Gasteiger partial charge is 0.149 e. The van der Waals surface area contributed by atoms with Crippen LogP contribution in [0.25, 0.3) is 0 Å². The second-order valence-electron chi connectivity index (χ2n) is 3.61. The average molecular weight is 200 g/mol. The fourth-order valence-corrected chi connectivity index (χ4v) is 1.43. The topological polar surface area (TPSA) is 55.1 Å². The number of hydrogen-bond donors (Lipinski definition) is 2. The zero-order valence-corrected chi connectivity index (χ0v) is 9.51. The normalized spacial score (nSPS) is 12.8. The van der Waals surface area contributed by atoms with Gasteiger partial charge in [-0.05, 0) is 32.4 Å². The van der Waals surface area contributed by atoms with E-state index in [1.165, 1.54) is 0 Å². The van der Waals surface area contributed by atoms with Gasteiger partial charge < -0.3 is 11.1 Å². The SMILES string of the molecule is CCCN[C@@H](CCCCN)C(=O)CC. The zero-order valence-electron chi connectivity index (χ0n) is 9.51. The van der Waals surface area contributed by atoms with Crippen LogP contribution >= 0.6 is 0 Å². The molecular weight excluding hydrogens is 176 g/mol. The molecule has 0 radical (unpaired) electrons. The van der Waals surface area contributed by atoms with Crippen LogP contribution in [0.15, 0.2) is 0 Å². The summed E-state index contributed by atoms with van der Waals surface area (Å²) in [6.45, 7) is 5.69. The van der Waals surface area contributed by atoms with Crippen molar-refractivity contribution in [2.75, 3.05) is 13.1 Å². The third kappa shape index (κ3) is 6.11. The molecule has 0 rings (SSSR count). The molecular formula is C11H24N2O. The number of Topliss-reactive ketones (excluding diaryl/α,β-unsaturated/α-hetero) is 1. The summed E-state index contributed by atoms with van der Waals surface area (Å²) in [6, 6.07) is 0.0616. The van der Waals surface area contributed by atoms with Gasteiger partial charge in [0.15, 0.2) is 0 Å². The lowest BCUT2D eigenvalue weighted by atomic mass is 10.0. The molecule has 0 fully saturated rings. The van der Waals surface area contributed by atoms with Crippen LogP contribution in [0, 0.1) is 0 Å². The fraction of sp³-hybridized carbons (Fsp3) is 0.909. The third-order valence-electron chi connectivity index (χ3n) is 2.32. The van der Waals surface area contributed by atoms with E-state index in [9.17, 15) is 4.79 Å². The van der Waals surface area contributed by atoms with Crippen LogP contribution in [-0.2, 0) is 4.79 Å². The Morgan fingerprint density at radius 3 is 2.57 bits per heavy atom. The predicted molar refractivity (Wildman–Crippen MR) is 60.3 cm³/mol. The summed E-state index contributed by atoms with van der Waals surface area (Å²) in [7, 11) is 0. The molecule has 3 N–H and O–H groups in total. The fourth-order valence-electron chi connectivity index (χ4n) is 1.43. The van der Waals surface area contributed by atoms with Crippen LogP contribution in [-0.4, -0.2) is 24.9 Å². The molecule has 84 valence electrons. The first-order valence-electron chi connectivity index (χ1n) is 5.72. The molecule has 14 heavy (non-hydrogen) atoms. The van der Waals surface area contributed by atoms with Gasteiger partial charge in [0.05, 0.1) is 6.04 Å². The van der Waals surface area contributed by atoms with E-state index >= 15 is 0 Å². The van der Waals surface area contributed by atoms with Crippen molar-refractivity contribution in [1.29, 1.82) is 0 Å². The number of nitrogens with one attached hydrogen (secondary N) is 1. The Labute approximate surface area is 87.4 Å². The molecule has 0 amide bonds. The second kappa shape index (κ2) is 9.16. The summed E-state index contributed by atoms with van der Waals surface area (Å²) in [5, 5.41) is 3.29. The first kappa shape index (κ1) is 13.6. The zero-order chi connectivity index (χ0) is 10.8. The first-order valence-corrected chi connectivity index (χ1v) is 5.72. The van der Waals surface area contributed by atoms with Crippen LogP contribution in [0.5, 0.6) is 0 Å². The number of nitrogens with two attached hydrogens (primary N) is 1.